The number of piperazine rings is 1. The van der Waals surface area contributed by atoms with Crippen molar-refractivity contribution in [3.8, 4) is 5.69 Å². The number of benzene rings is 1. The maximum atomic E-state index is 14.2. The van der Waals surface area contributed by atoms with Crippen LogP contribution in [0.4, 0.5) is 15.9 Å². The highest BCUT2D eigenvalue weighted by molar-refractivity contribution is 5.94. The van der Waals surface area contributed by atoms with E-state index in [1.54, 1.807) is 38.4 Å². The summed E-state index contributed by atoms with van der Waals surface area (Å²) in [5, 5.41) is 20.5. The standard InChI is InChI=1S/C22H26FN7O3/c1-15(14-31)25-21(32)17-11-20(26-30(22(17)33)16-12-24-27(2)13-16)29-9-7-28(8-10-29)19-6-4-3-5-18(19)23/h3-6,11-13,15,31H,7-10,14H2,1-2H3,(H,25,32)/t15-/m0/s1. The van der Waals surface area contributed by atoms with Crippen LogP contribution in [-0.4, -0.2) is 69.4 Å². The molecule has 4 rings (SSSR count). The Labute approximate surface area is 189 Å². The molecule has 2 aromatic heterocycles. The van der Waals surface area contributed by atoms with E-state index in [4.69, 9.17) is 0 Å². The summed E-state index contributed by atoms with van der Waals surface area (Å²) in [6, 6.07) is 7.60. The van der Waals surface area contributed by atoms with Crippen molar-refractivity contribution in [2.24, 2.45) is 7.05 Å². The third kappa shape index (κ3) is 4.72. The van der Waals surface area contributed by atoms with Crippen molar-refractivity contribution in [1.29, 1.82) is 0 Å². The monoisotopic (exact) mass is 455 g/mol. The number of amides is 1. The first-order valence-corrected chi connectivity index (χ1v) is 10.7. The van der Waals surface area contributed by atoms with Gasteiger partial charge in [-0.15, -0.1) is 5.10 Å². The van der Waals surface area contributed by atoms with E-state index >= 15 is 0 Å². The first-order chi connectivity index (χ1) is 15.9. The maximum absolute atomic E-state index is 14.2. The van der Waals surface area contributed by atoms with Crippen LogP contribution in [0.5, 0.6) is 0 Å². The molecule has 33 heavy (non-hydrogen) atoms. The van der Waals surface area contributed by atoms with Crippen molar-refractivity contribution in [3.05, 3.63) is 64.5 Å². The molecule has 1 aromatic carbocycles. The van der Waals surface area contributed by atoms with Gasteiger partial charge in [0.05, 0.1) is 24.7 Å². The molecule has 1 aliphatic heterocycles. The van der Waals surface area contributed by atoms with Gasteiger partial charge in [-0.1, -0.05) is 12.1 Å². The first kappa shape index (κ1) is 22.5. The topological polar surface area (TPSA) is 109 Å². The van der Waals surface area contributed by atoms with Crippen molar-refractivity contribution in [3.63, 3.8) is 0 Å². The number of anilines is 2. The second-order valence-electron chi connectivity index (χ2n) is 7.99. The van der Waals surface area contributed by atoms with Gasteiger partial charge in [0.2, 0.25) is 0 Å². The fourth-order valence-electron chi connectivity index (χ4n) is 3.72. The zero-order valence-electron chi connectivity index (χ0n) is 18.5. The summed E-state index contributed by atoms with van der Waals surface area (Å²) in [7, 11) is 1.72. The van der Waals surface area contributed by atoms with E-state index in [9.17, 15) is 19.1 Å². The van der Waals surface area contributed by atoms with Crippen LogP contribution < -0.4 is 20.7 Å². The molecule has 1 saturated heterocycles. The molecule has 3 heterocycles. The van der Waals surface area contributed by atoms with Crippen LogP contribution in [0.1, 0.15) is 17.3 Å². The number of aromatic nitrogens is 4. The molecule has 0 saturated carbocycles. The van der Waals surface area contributed by atoms with Gasteiger partial charge in [0.1, 0.15) is 17.1 Å². The average molecular weight is 455 g/mol. The van der Waals surface area contributed by atoms with Crippen molar-refractivity contribution in [2.75, 3.05) is 42.6 Å². The summed E-state index contributed by atoms with van der Waals surface area (Å²) in [5.74, 6) is -0.410. The van der Waals surface area contributed by atoms with E-state index in [1.165, 1.54) is 23.0 Å². The van der Waals surface area contributed by atoms with Crippen LogP contribution in [0.2, 0.25) is 0 Å². The summed E-state index contributed by atoms with van der Waals surface area (Å²) < 4.78 is 16.9. The predicted octanol–water partition coefficient (Wildman–Crippen LogP) is 0.542. The number of aliphatic hydroxyl groups is 1. The van der Waals surface area contributed by atoms with Gasteiger partial charge >= 0.3 is 0 Å². The van der Waals surface area contributed by atoms with Gasteiger partial charge in [0, 0.05) is 45.3 Å². The molecule has 10 nitrogen and oxygen atoms in total. The number of nitrogens with zero attached hydrogens (tertiary/aromatic N) is 6. The van der Waals surface area contributed by atoms with Gasteiger partial charge in [-0.05, 0) is 19.1 Å². The van der Waals surface area contributed by atoms with E-state index in [-0.39, 0.29) is 18.0 Å². The number of hydrogen-bond acceptors (Lipinski definition) is 7. The first-order valence-electron chi connectivity index (χ1n) is 10.7. The van der Waals surface area contributed by atoms with Gasteiger partial charge in [0.25, 0.3) is 11.5 Å². The molecular formula is C22H26FN7O3. The molecule has 2 N–H and O–H groups in total. The maximum Gasteiger partial charge on any atom is 0.284 e. The summed E-state index contributed by atoms with van der Waals surface area (Å²) in [4.78, 5) is 29.8. The third-order valence-electron chi connectivity index (χ3n) is 5.53. The van der Waals surface area contributed by atoms with E-state index < -0.39 is 17.5 Å². The van der Waals surface area contributed by atoms with Gasteiger partial charge < -0.3 is 20.2 Å². The Balaban J connectivity index is 1.65. The molecular weight excluding hydrogens is 429 g/mol. The van der Waals surface area contributed by atoms with Gasteiger partial charge in [-0.3, -0.25) is 14.3 Å². The van der Waals surface area contributed by atoms with Crippen LogP contribution >= 0.6 is 0 Å². The number of nitrogens with one attached hydrogen (secondary N) is 1. The Hall–Kier alpha value is -3.73. The Bertz CT molecular complexity index is 1200. The number of halogens is 1. The zero-order chi connectivity index (χ0) is 23.5. The second kappa shape index (κ2) is 9.41. The number of aryl methyl sites for hydroxylation is 1. The minimum Gasteiger partial charge on any atom is -0.394 e. The number of carbonyl (C=O) groups excluding carboxylic acids is 1. The normalized spacial score (nSPS) is 14.9. The Morgan fingerprint density at radius 2 is 1.91 bits per heavy atom. The van der Waals surface area contributed by atoms with Gasteiger partial charge in [-0.2, -0.15) is 9.78 Å². The van der Waals surface area contributed by atoms with Crippen molar-refractivity contribution >= 4 is 17.4 Å². The van der Waals surface area contributed by atoms with E-state index in [2.05, 4.69) is 15.5 Å². The molecule has 1 aliphatic rings. The molecule has 1 atom stereocenters. The molecule has 174 valence electrons. The number of hydrogen-bond donors (Lipinski definition) is 2. The minimum atomic E-state index is -0.590. The quantitative estimate of drug-likeness (QED) is 0.559. The molecule has 1 fully saturated rings. The van der Waals surface area contributed by atoms with E-state index in [0.29, 0.717) is 43.4 Å². The van der Waals surface area contributed by atoms with Crippen LogP contribution in [0.3, 0.4) is 0 Å². The highest BCUT2D eigenvalue weighted by atomic mass is 19.1. The lowest BCUT2D eigenvalue weighted by Gasteiger charge is -2.36. The zero-order valence-corrected chi connectivity index (χ0v) is 18.5. The van der Waals surface area contributed by atoms with Crippen LogP contribution in [0, 0.1) is 5.82 Å². The minimum absolute atomic E-state index is 0.0827. The molecule has 0 spiro atoms. The SMILES string of the molecule is C[C@@H](CO)NC(=O)c1cc(N2CCN(c3ccccc3F)CC2)nn(-c2cnn(C)c2)c1=O. The molecule has 0 aliphatic carbocycles. The largest absolute Gasteiger partial charge is 0.394 e. The van der Waals surface area contributed by atoms with E-state index in [0.717, 1.165) is 4.68 Å². The number of carbonyl (C=O) groups is 1. The summed E-state index contributed by atoms with van der Waals surface area (Å²) in [5.41, 5.74) is 0.308. The average Bonchev–Trinajstić information content (AvgIpc) is 3.25. The Morgan fingerprint density at radius 3 is 2.55 bits per heavy atom. The lowest BCUT2D eigenvalue weighted by atomic mass is 10.2. The second-order valence-corrected chi connectivity index (χ2v) is 7.99. The Kier molecular flexibility index (Phi) is 6.40. The summed E-state index contributed by atoms with van der Waals surface area (Å²) in [6.45, 7) is 3.55. The molecule has 3 aromatic rings. The third-order valence-corrected chi connectivity index (χ3v) is 5.53. The molecule has 0 bridgehead atoms. The van der Waals surface area contributed by atoms with Crippen molar-refractivity contribution in [1.82, 2.24) is 24.9 Å². The van der Waals surface area contributed by atoms with Crippen molar-refractivity contribution < 1.29 is 14.3 Å². The molecule has 1 amide bonds. The lowest BCUT2D eigenvalue weighted by Crippen LogP contribution is -2.48. The fourth-order valence-corrected chi connectivity index (χ4v) is 3.72. The highest BCUT2D eigenvalue weighted by Crippen LogP contribution is 2.22. The molecule has 11 heteroatoms. The van der Waals surface area contributed by atoms with Crippen molar-refractivity contribution in [2.45, 2.75) is 13.0 Å². The van der Waals surface area contributed by atoms with Gasteiger partial charge in [0.15, 0.2) is 5.82 Å². The fraction of sp³-hybridized carbons (Fsp3) is 0.364. The van der Waals surface area contributed by atoms with Crippen LogP contribution in [0.15, 0.2) is 47.5 Å². The smallest absolute Gasteiger partial charge is 0.284 e. The lowest BCUT2D eigenvalue weighted by molar-refractivity contribution is 0.0920. The number of rotatable bonds is 6. The van der Waals surface area contributed by atoms with Crippen LogP contribution in [0.25, 0.3) is 5.69 Å². The molecule has 0 radical (unpaired) electrons. The predicted molar refractivity (Wildman–Crippen MR) is 121 cm³/mol. The summed E-state index contributed by atoms with van der Waals surface area (Å²) >= 11 is 0. The number of aliphatic hydroxyl groups excluding tert-OH is 1. The Morgan fingerprint density at radius 1 is 1.21 bits per heavy atom. The van der Waals surface area contributed by atoms with Crippen LogP contribution in [-0.2, 0) is 7.05 Å². The van der Waals surface area contributed by atoms with Gasteiger partial charge in [-0.25, -0.2) is 4.39 Å². The molecule has 0 unspecified atom stereocenters. The highest BCUT2D eigenvalue weighted by Gasteiger charge is 2.24. The van der Waals surface area contributed by atoms with E-state index in [1.807, 2.05) is 9.80 Å². The number of para-hydroxylation sites is 1. The summed E-state index contributed by atoms with van der Waals surface area (Å²) in [6.07, 6.45) is 3.12.